The number of nitrogens with zero attached hydrogens (tertiary/aromatic N) is 2. The van der Waals surface area contributed by atoms with Gasteiger partial charge >= 0.3 is 0 Å². The molecule has 0 spiro atoms. The summed E-state index contributed by atoms with van der Waals surface area (Å²) in [4.78, 5) is 0. The van der Waals surface area contributed by atoms with Crippen LogP contribution in [-0.2, 0) is 6.42 Å². The lowest BCUT2D eigenvalue weighted by atomic mass is 9.91. The molecule has 1 aromatic carbocycles. The number of nitrogens with one attached hydrogen (secondary N) is 1. The van der Waals surface area contributed by atoms with Crippen molar-refractivity contribution in [2.45, 2.75) is 19.3 Å². The Morgan fingerprint density at radius 1 is 1.32 bits per heavy atom. The van der Waals surface area contributed by atoms with Gasteiger partial charge in [-0.15, -0.1) is 0 Å². The van der Waals surface area contributed by atoms with E-state index in [4.69, 9.17) is 0 Å². The molecular weight excluding hydrogens is 302 g/mol. The van der Waals surface area contributed by atoms with Gasteiger partial charge < -0.3 is 5.32 Å². The summed E-state index contributed by atoms with van der Waals surface area (Å²) in [6, 6.07) is 8.55. The average Bonchev–Trinajstić information content (AvgIpc) is 2.94. The first-order chi connectivity index (χ1) is 9.33. The fourth-order valence-electron chi connectivity index (χ4n) is 2.69. The van der Waals surface area contributed by atoms with Crippen molar-refractivity contribution in [3.63, 3.8) is 0 Å². The molecule has 3 rings (SSSR count). The van der Waals surface area contributed by atoms with Crippen LogP contribution in [0.25, 0.3) is 5.69 Å². The highest BCUT2D eigenvalue weighted by molar-refractivity contribution is 9.10. The van der Waals surface area contributed by atoms with E-state index in [2.05, 4.69) is 44.5 Å². The maximum Gasteiger partial charge on any atom is 0.0787 e. The van der Waals surface area contributed by atoms with Gasteiger partial charge in [0.05, 0.1) is 5.69 Å². The molecule has 19 heavy (non-hydrogen) atoms. The van der Waals surface area contributed by atoms with Gasteiger partial charge in [-0.05, 0) is 78.0 Å². The third-order valence-corrected chi connectivity index (χ3v) is 4.38. The van der Waals surface area contributed by atoms with Gasteiger partial charge in [0.15, 0.2) is 0 Å². The molecule has 1 N–H and O–H groups in total. The Morgan fingerprint density at radius 3 is 2.84 bits per heavy atom. The molecule has 0 bridgehead atoms. The number of aromatic nitrogens is 2. The van der Waals surface area contributed by atoms with E-state index in [1.54, 1.807) is 6.20 Å². The van der Waals surface area contributed by atoms with Crippen LogP contribution >= 0.6 is 15.9 Å². The van der Waals surface area contributed by atoms with E-state index in [0.29, 0.717) is 0 Å². The van der Waals surface area contributed by atoms with Crippen molar-refractivity contribution in [2.24, 2.45) is 5.92 Å². The minimum absolute atomic E-state index is 0.823. The van der Waals surface area contributed by atoms with E-state index >= 15 is 0 Å². The summed E-state index contributed by atoms with van der Waals surface area (Å²) in [5.74, 6) is 0.823. The van der Waals surface area contributed by atoms with Crippen molar-refractivity contribution in [1.29, 1.82) is 0 Å². The summed E-state index contributed by atoms with van der Waals surface area (Å²) in [5.41, 5.74) is 2.51. The highest BCUT2D eigenvalue weighted by Crippen LogP contribution is 2.25. The smallest absolute Gasteiger partial charge is 0.0787 e. The van der Waals surface area contributed by atoms with Gasteiger partial charge in [0, 0.05) is 16.9 Å². The first kappa shape index (κ1) is 12.9. The molecule has 2 heterocycles. The molecule has 0 radical (unpaired) electrons. The highest BCUT2D eigenvalue weighted by Gasteiger charge is 2.14. The molecule has 1 aromatic heterocycles. The van der Waals surface area contributed by atoms with Crippen LogP contribution < -0.4 is 5.32 Å². The number of piperidine rings is 1. The van der Waals surface area contributed by atoms with E-state index in [-0.39, 0.29) is 0 Å². The van der Waals surface area contributed by atoms with E-state index in [9.17, 15) is 0 Å². The quantitative estimate of drug-likeness (QED) is 0.941. The first-order valence-electron chi connectivity index (χ1n) is 6.82. The van der Waals surface area contributed by atoms with Crippen LogP contribution in [-0.4, -0.2) is 22.9 Å². The van der Waals surface area contributed by atoms with Crippen LogP contribution in [0, 0.1) is 5.92 Å². The van der Waals surface area contributed by atoms with Gasteiger partial charge in [0.25, 0.3) is 0 Å². The van der Waals surface area contributed by atoms with Crippen molar-refractivity contribution < 1.29 is 0 Å². The standard InChI is InChI=1S/C15H18BrN3/c16-14-11-13(10-12-4-7-17-8-5-12)2-3-15(14)19-9-1-6-18-19/h1-3,6,9,11-12,17H,4-5,7-8,10H2. The molecule has 0 atom stereocenters. The third-order valence-electron chi connectivity index (χ3n) is 3.75. The zero-order valence-electron chi connectivity index (χ0n) is 10.8. The molecule has 100 valence electrons. The fourth-order valence-corrected chi connectivity index (χ4v) is 3.30. The maximum absolute atomic E-state index is 4.27. The Bertz CT molecular complexity index is 530. The molecule has 1 aliphatic rings. The fraction of sp³-hybridized carbons (Fsp3) is 0.400. The number of hydrogen-bond donors (Lipinski definition) is 1. The SMILES string of the molecule is Brc1cc(CC2CCNCC2)ccc1-n1cccn1. The predicted molar refractivity (Wildman–Crippen MR) is 80.6 cm³/mol. The molecule has 1 aliphatic heterocycles. The molecule has 0 saturated carbocycles. The van der Waals surface area contributed by atoms with Gasteiger partial charge in [-0.3, -0.25) is 0 Å². The lowest BCUT2D eigenvalue weighted by Gasteiger charge is -2.22. The largest absolute Gasteiger partial charge is 0.317 e. The molecular formula is C15H18BrN3. The number of hydrogen-bond acceptors (Lipinski definition) is 2. The van der Waals surface area contributed by atoms with Crippen LogP contribution in [0.3, 0.4) is 0 Å². The van der Waals surface area contributed by atoms with E-state index in [1.165, 1.54) is 24.8 Å². The van der Waals surface area contributed by atoms with Gasteiger partial charge in [-0.1, -0.05) is 6.07 Å². The minimum Gasteiger partial charge on any atom is -0.317 e. The Hall–Kier alpha value is -1.13. The summed E-state index contributed by atoms with van der Waals surface area (Å²) in [7, 11) is 0. The second-order valence-corrected chi connectivity index (χ2v) is 5.99. The van der Waals surface area contributed by atoms with Gasteiger partial charge in [0.1, 0.15) is 0 Å². The average molecular weight is 320 g/mol. The molecule has 2 aromatic rings. The zero-order valence-corrected chi connectivity index (χ0v) is 12.4. The maximum atomic E-state index is 4.27. The molecule has 3 nitrogen and oxygen atoms in total. The number of halogens is 1. The second-order valence-electron chi connectivity index (χ2n) is 5.13. The van der Waals surface area contributed by atoms with Gasteiger partial charge in [-0.2, -0.15) is 5.10 Å². The topological polar surface area (TPSA) is 29.9 Å². The van der Waals surface area contributed by atoms with E-state index in [1.807, 2.05) is 16.9 Å². The Morgan fingerprint density at radius 2 is 2.16 bits per heavy atom. The van der Waals surface area contributed by atoms with Crippen molar-refractivity contribution in [1.82, 2.24) is 15.1 Å². The minimum atomic E-state index is 0.823. The third kappa shape index (κ3) is 3.07. The van der Waals surface area contributed by atoms with Crippen LogP contribution in [0.5, 0.6) is 0 Å². The molecule has 0 amide bonds. The second kappa shape index (κ2) is 5.88. The van der Waals surface area contributed by atoms with Crippen LogP contribution in [0.4, 0.5) is 0 Å². The van der Waals surface area contributed by atoms with Crippen molar-refractivity contribution in [3.05, 3.63) is 46.7 Å². The summed E-state index contributed by atoms with van der Waals surface area (Å²) < 4.78 is 3.00. The first-order valence-corrected chi connectivity index (χ1v) is 7.61. The van der Waals surface area contributed by atoms with Crippen molar-refractivity contribution >= 4 is 15.9 Å². The monoisotopic (exact) mass is 319 g/mol. The highest BCUT2D eigenvalue weighted by atomic mass is 79.9. The number of rotatable bonds is 3. The Balaban J connectivity index is 1.75. The predicted octanol–water partition coefficient (Wildman–Crippen LogP) is 3.18. The Kier molecular flexibility index (Phi) is 3.99. The molecule has 0 unspecified atom stereocenters. The van der Waals surface area contributed by atoms with Gasteiger partial charge in [0.2, 0.25) is 0 Å². The van der Waals surface area contributed by atoms with E-state index < -0.39 is 0 Å². The lowest BCUT2D eigenvalue weighted by Crippen LogP contribution is -2.28. The van der Waals surface area contributed by atoms with Crippen LogP contribution in [0.2, 0.25) is 0 Å². The molecule has 0 aliphatic carbocycles. The Labute approximate surface area is 122 Å². The summed E-state index contributed by atoms with van der Waals surface area (Å²) in [5, 5.41) is 7.69. The summed E-state index contributed by atoms with van der Waals surface area (Å²) in [6.07, 6.45) is 7.53. The normalized spacial score (nSPS) is 16.7. The summed E-state index contributed by atoms with van der Waals surface area (Å²) >= 11 is 3.66. The van der Waals surface area contributed by atoms with Crippen molar-refractivity contribution in [2.75, 3.05) is 13.1 Å². The van der Waals surface area contributed by atoms with Crippen LogP contribution in [0.15, 0.2) is 41.1 Å². The molecule has 1 saturated heterocycles. The van der Waals surface area contributed by atoms with Crippen LogP contribution in [0.1, 0.15) is 18.4 Å². The van der Waals surface area contributed by atoms with Crippen molar-refractivity contribution in [3.8, 4) is 5.69 Å². The lowest BCUT2D eigenvalue weighted by molar-refractivity contribution is 0.372. The molecule has 4 heteroatoms. The van der Waals surface area contributed by atoms with Gasteiger partial charge in [-0.25, -0.2) is 4.68 Å². The van der Waals surface area contributed by atoms with E-state index in [0.717, 1.165) is 29.2 Å². The number of benzene rings is 1. The summed E-state index contributed by atoms with van der Waals surface area (Å²) in [6.45, 7) is 2.33. The molecule has 1 fully saturated rings. The zero-order chi connectivity index (χ0) is 13.1.